The number of para-hydroxylation sites is 2. The highest BCUT2D eigenvalue weighted by Crippen LogP contribution is 2.24. The minimum absolute atomic E-state index is 0.127. The first-order chi connectivity index (χ1) is 25.9. The third-order valence-corrected chi connectivity index (χ3v) is 9.59. The number of hydrogen-bond donors (Lipinski definition) is 2. The van der Waals surface area contributed by atoms with Gasteiger partial charge < -0.3 is 0 Å². The summed E-state index contributed by atoms with van der Waals surface area (Å²) >= 11 is 13.0. The van der Waals surface area contributed by atoms with Crippen molar-refractivity contribution in [1.29, 1.82) is 0 Å². The number of hydrazone groups is 2. The van der Waals surface area contributed by atoms with Crippen molar-refractivity contribution in [3.8, 4) is 22.5 Å². The summed E-state index contributed by atoms with van der Waals surface area (Å²) in [5, 5.41) is 8.80. The van der Waals surface area contributed by atoms with Gasteiger partial charge in [0.25, 0.3) is 11.1 Å². The van der Waals surface area contributed by atoms with Crippen molar-refractivity contribution in [2.75, 3.05) is 10.9 Å². The van der Waals surface area contributed by atoms with E-state index in [9.17, 15) is 9.59 Å². The van der Waals surface area contributed by atoms with E-state index < -0.39 is 0 Å². The molecule has 6 aromatic rings. The summed E-state index contributed by atoms with van der Waals surface area (Å²) in [7, 11) is 3.63. The topological polar surface area (TPSA) is 127 Å². The van der Waals surface area contributed by atoms with Crippen molar-refractivity contribution in [3.05, 3.63) is 141 Å². The summed E-state index contributed by atoms with van der Waals surface area (Å²) < 4.78 is 6.66. The molecule has 0 amide bonds. The van der Waals surface area contributed by atoms with E-state index in [4.69, 9.17) is 23.2 Å². The second kappa shape index (κ2) is 16.2. The molecule has 12 nitrogen and oxygen atoms in total. The average molecular weight is 762 g/mol. The molecule has 0 atom stereocenters. The second-order valence-corrected chi connectivity index (χ2v) is 13.1. The summed E-state index contributed by atoms with van der Waals surface area (Å²) in [6.07, 6.45) is 0. The number of nitrogens with one attached hydrogen (secondary N) is 2. The molecule has 54 heavy (non-hydrogen) atoms. The van der Waals surface area contributed by atoms with Crippen molar-refractivity contribution < 1.29 is 0 Å². The van der Waals surface area contributed by atoms with Gasteiger partial charge in [-0.15, -0.1) is 0 Å². The lowest BCUT2D eigenvalue weighted by Gasteiger charge is -2.07. The molecular formula is C40H38Cl2N10O2. The predicted molar refractivity (Wildman–Crippen MR) is 223 cm³/mol. The third kappa shape index (κ3) is 7.89. The number of benzene rings is 4. The molecule has 6 rings (SSSR count). The molecule has 0 saturated heterocycles. The van der Waals surface area contributed by atoms with E-state index in [1.807, 2.05) is 137 Å². The molecule has 2 aromatic heterocycles. The Morgan fingerprint density at radius 2 is 0.870 bits per heavy atom. The molecule has 0 spiro atoms. The molecule has 14 heteroatoms. The molecule has 4 aromatic carbocycles. The number of nitrogens with zero attached hydrogens (tertiary/aromatic N) is 8. The van der Waals surface area contributed by atoms with Gasteiger partial charge in [0, 0.05) is 14.1 Å². The molecule has 2 heterocycles. The maximum Gasteiger partial charge on any atom is 0.297 e. The SMILES string of the molecule is CC(=Nc1c(C)n(C)n(-c2ccccc2)c1=O)/C(Cl)=N/Nc1ccc(-c2ccc(N/N=C(\Cl)C(C)=Nc3c(C)n(C)n(-c4ccccc4)c3=O)cc2)cc1. The Hall–Kier alpha value is -6.24. The van der Waals surface area contributed by atoms with Crippen LogP contribution in [0.2, 0.25) is 0 Å². The molecule has 0 aliphatic carbocycles. The molecule has 0 aliphatic rings. The van der Waals surface area contributed by atoms with Crippen LogP contribution in [0.5, 0.6) is 0 Å². The van der Waals surface area contributed by atoms with Crippen molar-refractivity contribution in [2.24, 2.45) is 34.3 Å². The fourth-order valence-corrected chi connectivity index (χ4v) is 5.83. The van der Waals surface area contributed by atoms with Crippen LogP contribution in [-0.2, 0) is 14.1 Å². The normalized spacial score (nSPS) is 12.7. The fraction of sp³-hybridized carbons (Fsp3) is 0.150. The summed E-state index contributed by atoms with van der Waals surface area (Å²) in [4.78, 5) is 35.5. The second-order valence-electron chi connectivity index (χ2n) is 12.4. The van der Waals surface area contributed by atoms with Crippen LogP contribution < -0.4 is 22.0 Å². The van der Waals surface area contributed by atoms with Crippen LogP contribution in [0.15, 0.2) is 139 Å². The highest BCUT2D eigenvalue weighted by molar-refractivity contribution is 6.84. The first-order valence-corrected chi connectivity index (χ1v) is 17.7. The van der Waals surface area contributed by atoms with Gasteiger partial charge in [-0.1, -0.05) is 83.9 Å². The highest BCUT2D eigenvalue weighted by Gasteiger charge is 2.18. The Kier molecular flexibility index (Phi) is 11.2. The van der Waals surface area contributed by atoms with E-state index in [1.54, 1.807) is 32.6 Å². The molecule has 274 valence electrons. The van der Waals surface area contributed by atoms with Crippen molar-refractivity contribution in [1.82, 2.24) is 18.7 Å². The van der Waals surface area contributed by atoms with E-state index in [0.29, 0.717) is 34.2 Å². The van der Waals surface area contributed by atoms with Crippen molar-refractivity contribution >= 4 is 67.7 Å². The molecule has 0 unspecified atom stereocenters. The minimum atomic E-state index is -0.246. The largest absolute Gasteiger partial charge is 0.297 e. The molecule has 0 bridgehead atoms. The zero-order valence-corrected chi connectivity index (χ0v) is 32.1. The summed E-state index contributed by atoms with van der Waals surface area (Å²) in [5.74, 6) is 0. The predicted octanol–water partition coefficient (Wildman–Crippen LogP) is 8.46. The lowest BCUT2D eigenvalue weighted by molar-refractivity contribution is 0.630. The van der Waals surface area contributed by atoms with Crippen molar-refractivity contribution in [2.45, 2.75) is 27.7 Å². The number of rotatable bonds is 11. The maximum absolute atomic E-state index is 13.2. The molecular weight excluding hydrogens is 723 g/mol. The van der Waals surface area contributed by atoms with Gasteiger partial charge in [0.05, 0.1) is 45.6 Å². The Labute approximate surface area is 322 Å². The standard InChI is InChI=1S/C40H38Cl2N10O2/c1-25(43-35-27(3)49(5)51(39(35)53)33-13-9-7-10-14-33)37(41)47-45-31-21-17-29(18-22-31)30-19-23-32(24-20-30)46-48-38(42)26(2)44-36-28(4)50(6)52(40(36)54)34-15-11-8-12-16-34/h7-24,45-46H,1-6H3/b43-25?,44-26?,47-37-,48-38-. The van der Waals surface area contributed by atoms with Gasteiger partial charge in [-0.2, -0.15) is 10.2 Å². The van der Waals surface area contributed by atoms with Crippen LogP contribution in [0.25, 0.3) is 22.5 Å². The fourth-order valence-electron chi connectivity index (χ4n) is 5.66. The zero-order chi connectivity index (χ0) is 38.5. The van der Waals surface area contributed by atoms with Gasteiger partial charge in [-0.05, 0) is 87.4 Å². The summed E-state index contributed by atoms with van der Waals surface area (Å²) in [6.45, 7) is 7.08. The van der Waals surface area contributed by atoms with Gasteiger partial charge in [0.15, 0.2) is 21.7 Å². The lowest BCUT2D eigenvalue weighted by Crippen LogP contribution is -2.19. The maximum atomic E-state index is 13.2. The number of aliphatic imine (C=N–C) groups is 2. The van der Waals surface area contributed by atoms with Gasteiger partial charge in [0.2, 0.25) is 0 Å². The van der Waals surface area contributed by atoms with Crippen LogP contribution in [0, 0.1) is 13.8 Å². The van der Waals surface area contributed by atoms with Crippen LogP contribution in [0.3, 0.4) is 0 Å². The van der Waals surface area contributed by atoms with Gasteiger partial charge in [-0.25, -0.2) is 19.3 Å². The number of hydrogen-bond acceptors (Lipinski definition) is 8. The van der Waals surface area contributed by atoms with Crippen LogP contribution in [0.4, 0.5) is 22.7 Å². The molecule has 0 fully saturated rings. The zero-order valence-electron chi connectivity index (χ0n) is 30.5. The average Bonchev–Trinajstić information content (AvgIpc) is 3.53. The van der Waals surface area contributed by atoms with Crippen LogP contribution >= 0.6 is 23.2 Å². The summed E-state index contributed by atoms with van der Waals surface area (Å²) in [5.41, 5.74) is 13.1. The van der Waals surface area contributed by atoms with Gasteiger partial charge in [-0.3, -0.25) is 29.8 Å². The minimum Gasteiger partial charge on any atom is -0.283 e. The van der Waals surface area contributed by atoms with E-state index in [-0.39, 0.29) is 21.5 Å². The van der Waals surface area contributed by atoms with E-state index in [1.165, 1.54) is 0 Å². The first kappa shape index (κ1) is 37.5. The smallest absolute Gasteiger partial charge is 0.283 e. The molecule has 2 N–H and O–H groups in total. The Bertz CT molecular complexity index is 2360. The van der Waals surface area contributed by atoms with Crippen LogP contribution in [-0.4, -0.2) is 40.5 Å². The highest BCUT2D eigenvalue weighted by atomic mass is 35.5. The quantitative estimate of drug-likeness (QED) is 0.101. The summed E-state index contributed by atoms with van der Waals surface area (Å²) in [6, 6.07) is 34.1. The molecule has 0 aliphatic heterocycles. The Morgan fingerprint density at radius 3 is 1.20 bits per heavy atom. The van der Waals surface area contributed by atoms with Gasteiger partial charge in [0.1, 0.15) is 0 Å². The van der Waals surface area contributed by atoms with E-state index in [0.717, 1.165) is 33.9 Å². The monoisotopic (exact) mass is 760 g/mol. The number of halogens is 2. The van der Waals surface area contributed by atoms with Crippen molar-refractivity contribution in [3.63, 3.8) is 0 Å². The lowest BCUT2D eigenvalue weighted by atomic mass is 10.1. The number of aromatic nitrogens is 4. The molecule has 0 saturated carbocycles. The van der Waals surface area contributed by atoms with E-state index in [2.05, 4.69) is 31.0 Å². The van der Waals surface area contributed by atoms with Gasteiger partial charge >= 0.3 is 0 Å². The number of anilines is 2. The van der Waals surface area contributed by atoms with E-state index >= 15 is 0 Å². The molecule has 0 radical (unpaired) electrons. The Balaban J connectivity index is 1.08. The first-order valence-electron chi connectivity index (χ1n) is 16.9. The third-order valence-electron chi connectivity index (χ3n) is 8.87. The van der Waals surface area contributed by atoms with Crippen LogP contribution in [0.1, 0.15) is 25.2 Å². The Morgan fingerprint density at radius 1 is 0.537 bits per heavy atom.